The maximum absolute atomic E-state index is 12.3. The number of benzene rings is 1. The van der Waals surface area contributed by atoms with Crippen LogP contribution in [0.3, 0.4) is 0 Å². The number of aromatic nitrogens is 2. The Hall–Kier alpha value is -2.34. The second kappa shape index (κ2) is 7.97. The van der Waals surface area contributed by atoms with Gasteiger partial charge in [-0.3, -0.25) is 4.68 Å². The average molecular weight is 330 g/mol. The van der Waals surface area contributed by atoms with E-state index in [0.717, 1.165) is 34.5 Å². The van der Waals surface area contributed by atoms with Crippen LogP contribution in [0.2, 0.25) is 0 Å². The van der Waals surface area contributed by atoms with Crippen LogP contribution in [-0.2, 0) is 20.2 Å². The fraction of sp³-hybridized carbons (Fsp3) is 0.444. The lowest BCUT2D eigenvalue weighted by atomic mass is 10.0. The maximum atomic E-state index is 12.3. The predicted molar refractivity (Wildman–Crippen MR) is 93.5 cm³/mol. The number of hydrogen-bond acceptors (Lipinski definition) is 3. The minimum Gasteiger partial charge on any atom is -0.392 e. The zero-order valence-electron chi connectivity index (χ0n) is 14.8. The molecule has 0 bridgehead atoms. The molecular weight excluding hydrogens is 304 g/mol. The predicted octanol–water partition coefficient (Wildman–Crippen LogP) is 2.48. The SMILES string of the molecule is CCC(NC(=O)NCc1ccccc1CO)c1c(C)nn(C)c1C. The Morgan fingerprint density at radius 2 is 1.96 bits per heavy atom. The zero-order chi connectivity index (χ0) is 17.7. The standard InChI is InChI=1S/C18H26N4O2/c1-5-16(17-12(2)21-22(4)13(17)3)20-18(24)19-10-14-8-6-7-9-15(14)11-23/h6-9,16,23H,5,10-11H2,1-4H3,(H2,19,20,24). The molecule has 0 saturated carbocycles. The third-order valence-corrected chi connectivity index (χ3v) is 4.36. The van der Waals surface area contributed by atoms with Crippen LogP contribution in [0.5, 0.6) is 0 Å². The van der Waals surface area contributed by atoms with Crippen molar-refractivity contribution in [2.24, 2.45) is 7.05 Å². The molecule has 2 rings (SSSR count). The number of amides is 2. The van der Waals surface area contributed by atoms with Gasteiger partial charge in [0.25, 0.3) is 0 Å². The van der Waals surface area contributed by atoms with Gasteiger partial charge in [0.15, 0.2) is 0 Å². The van der Waals surface area contributed by atoms with Crippen molar-refractivity contribution < 1.29 is 9.90 Å². The van der Waals surface area contributed by atoms with Gasteiger partial charge in [-0.15, -0.1) is 0 Å². The molecule has 1 unspecified atom stereocenters. The van der Waals surface area contributed by atoms with Crippen LogP contribution in [0, 0.1) is 13.8 Å². The van der Waals surface area contributed by atoms with Gasteiger partial charge in [0.05, 0.1) is 18.3 Å². The van der Waals surface area contributed by atoms with Crippen molar-refractivity contribution in [1.82, 2.24) is 20.4 Å². The van der Waals surface area contributed by atoms with E-state index >= 15 is 0 Å². The van der Waals surface area contributed by atoms with E-state index in [1.165, 1.54) is 0 Å². The first kappa shape index (κ1) is 18.0. The quantitative estimate of drug-likeness (QED) is 0.761. The molecular formula is C18H26N4O2. The van der Waals surface area contributed by atoms with E-state index < -0.39 is 0 Å². The lowest BCUT2D eigenvalue weighted by Crippen LogP contribution is -2.38. The van der Waals surface area contributed by atoms with Gasteiger partial charge in [0.1, 0.15) is 0 Å². The Balaban J connectivity index is 2.02. The van der Waals surface area contributed by atoms with Gasteiger partial charge in [-0.25, -0.2) is 4.79 Å². The van der Waals surface area contributed by atoms with E-state index in [-0.39, 0.29) is 18.7 Å². The molecule has 0 radical (unpaired) electrons. The number of carbonyl (C=O) groups excluding carboxylic acids is 1. The molecule has 24 heavy (non-hydrogen) atoms. The van der Waals surface area contributed by atoms with Gasteiger partial charge in [-0.05, 0) is 31.4 Å². The Kier molecular flexibility index (Phi) is 5.98. The minimum absolute atomic E-state index is 0.0366. The number of urea groups is 1. The highest BCUT2D eigenvalue weighted by Gasteiger charge is 2.20. The number of aryl methyl sites for hydroxylation is 2. The summed E-state index contributed by atoms with van der Waals surface area (Å²) < 4.78 is 1.84. The summed E-state index contributed by atoms with van der Waals surface area (Å²) in [5.41, 5.74) is 4.81. The smallest absolute Gasteiger partial charge is 0.315 e. The Morgan fingerprint density at radius 3 is 2.50 bits per heavy atom. The summed E-state index contributed by atoms with van der Waals surface area (Å²) in [5.74, 6) is 0. The normalized spacial score (nSPS) is 12.0. The Bertz CT molecular complexity index is 709. The number of nitrogens with one attached hydrogen (secondary N) is 2. The third kappa shape index (κ3) is 3.94. The van der Waals surface area contributed by atoms with E-state index in [1.54, 1.807) is 0 Å². The van der Waals surface area contributed by atoms with Crippen LogP contribution in [-0.4, -0.2) is 20.9 Å². The van der Waals surface area contributed by atoms with E-state index in [4.69, 9.17) is 0 Å². The molecule has 0 aliphatic carbocycles. The average Bonchev–Trinajstić information content (AvgIpc) is 2.83. The number of aliphatic hydroxyl groups is 1. The molecule has 1 aromatic carbocycles. The summed E-state index contributed by atoms with van der Waals surface area (Å²) >= 11 is 0. The first-order valence-electron chi connectivity index (χ1n) is 8.20. The zero-order valence-corrected chi connectivity index (χ0v) is 14.8. The number of hydrogen-bond donors (Lipinski definition) is 3. The molecule has 2 aromatic rings. The fourth-order valence-electron chi connectivity index (χ4n) is 2.94. The van der Waals surface area contributed by atoms with Crippen LogP contribution >= 0.6 is 0 Å². The van der Waals surface area contributed by atoms with Crippen LogP contribution < -0.4 is 10.6 Å². The van der Waals surface area contributed by atoms with Gasteiger partial charge in [-0.2, -0.15) is 5.10 Å². The Morgan fingerprint density at radius 1 is 1.29 bits per heavy atom. The maximum Gasteiger partial charge on any atom is 0.315 e. The number of aliphatic hydroxyl groups excluding tert-OH is 1. The summed E-state index contributed by atoms with van der Waals surface area (Å²) in [5, 5.41) is 19.6. The van der Waals surface area contributed by atoms with Crippen LogP contribution in [0.1, 0.15) is 47.5 Å². The van der Waals surface area contributed by atoms with Gasteiger partial charge in [0.2, 0.25) is 0 Å². The number of carbonyl (C=O) groups is 1. The first-order chi connectivity index (χ1) is 11.5. The molecule has 0 aliphatic heterocycles. The van der Waals surface area contributed by atoms with Crippen molar-refractivity contribution in [3.63, 3.8) is 0 Å². The largest absolute Gasteiger partial charge is 0.392 e. The van der Waals surface area contributed by atoms with Crippen LogP contribution in [0.25, 0.3) is 0 Å². The van der Waals surface area contributed by atoms with Crippen molar-refractivity contribution in [1.29, 1.82) is 0 Å². The molecule has 0 fully saturated rings. The first-order valence-corrected chi connectivity index (χ1v) is 8.20. The second-order valence-corrected chi connectivity index (χ2v) is 5.92. The Labute approximate surface area is 142 Å². The van der Waals surface area contributed by atoms with Crippen molar-refractivity contribution in [2.75, 3.05) is 0 Å². The summed E-state index contributed by atoms with van der Waals surface area (Å²) in [7, 11) is 1.91. The van der Waals surface area contributed by atoms with Crippen molar-refractivity contribution in [2.45, 2.75) is 46.4 Å². The van der Waals surface area contributed by atoms with Gasteiger partial charge >= 0.3 is 6.03 Å². The summed E-state index contributed by atoms with van der Waals surface area (Å²) in [6.45, 7) is 6.35. The summed E-state index contributed by atoms with van der Waals surface area (Å²) in [4.78, 5) is 12.3. The molecule has 0 spiro atoms. The summed E-state index contributed by atoms with van der Waals surface area (Å²) in [6, 6.07) is 7.22. The molecule has 6 nitrogen and oxygen atoms in total. The molecule has 0 aliphatic rings. The minimum atomic E-state index is -0.225. The topological polar surface area (TPSA) is 79.2 Å². The van der Waals surface area contributed by atoms with Gasteiger partial charge in [-0.1, -0.05) is 31.2 Å². The van der Waals surface area contributed by atoms with E-state index in [9.17, 15) is 9.90 Å². The second-order valence-electron chi connectivity index (χ2n) is 5.92. The molecule has 130 valence electrons. The molecule has 6 heteroatoms. The van der Waals surface area contributed by atoms with Crippen molar-refractivity contribution in [3.8, 4) is 0 Å². The fourth-order valence-corrected chi connectivity index (χ4v) is 2.94. The van der Waals surface area contributed by atoms with Gasteiger partial charge < -0.3 is 15.7 Å². The number of rotatable bonds is 6. The summed E-state index contributed by atoms with van der Waals surface area (Å²) in [6.07, 6.45) is 0.786. The molecule has 3 N–H and O–H groups in total. The molecule has 0 saturated heterocycles. The third-order valence-electron chi connectivity index (χ3n) is 4.36. The molecule has 1 aromatic heterocycles. The highest BCUT2D eigenvalue weighted by atomic mass is 16.3. The van der Waals surface area contributed by atoms with E-state index in [2.05, 4.69) is 15.7 Å². The van der Waals surface area contributed by atoms with Crippen molar-refractivity contribution in [3.05, 3.63) is 52.3 Å². The van der Waals surface area contributed by atoms with E-state index in [1.807, 2.05) is 56.8 Å². The van der Waals surface area contributed by atoms with Crippen LogP contribution in [0.15, 0.2) is 24.3 Å². The monoisotopic (exact) mass is 330 g/mol. The van der Waals surface area contributed by atoms with Crippen LogP contribution in [0.4, 0.5) is 4.79 Å². The number of nitrogens with zero attached hydrogens (tertiary/aromatic N) is 2. The molecule has 2 amide bonds. The molecule has 1 heterocycles. The van der Waals surface area contributed by atoms with Gasteiger partial charge in [0, 0.05) is 24.8 Å². The lowest BCUT2D eigenvalue weighted by molar-refractivity contribution is 0.236. The highest BCUT2D eigenvalue weighted by Crippen LogP contribution is 2.23. The van der Waals surface area contributed by atoms with Crippen molar-refractivity contribution >= 4 is 6.03 Å². The molecule has 1 atom stereocenters. The highest BCUT2D eigenvalue weighted by molar-refractivity contribution is 5.74. The van der Waals surface area contributed by atoms with E-state index in [0.29, 0.717) is 6.54 Å². The lowest BCUT2D eigenvalue weighted by Gasteiger charge is -2.19.